The van der Waals surface area contributed by atoms with E-state index in [1.807, 2.05) is 35.0 Å². The highest BCUT2D eigenvalue weighted by Crippen LogP contribution is 2.41. The Hall–Kier alpha value is -3.35. The maximum absolute atomic E-state index is 12.5. The largest absolute Gasteiger partial charge is 0.485 e. The van der Waals surface area contributed by atoms with Crippen LogP contribution in [0.2, 0.25) is 0 Å². The van der Waals surface area contributed by atoms with Crippen LogP contribution in [0.1, 0.15) is 24.5 Å². The Balaban J connectivity index is 1.22. The Labute approximate surface area is 168 Å². The molecule has 0 saturated heterocycles. The third-order valence-electron chi connectivity index (χ3n) is 5.21. The smallest absolute Gasteiger partial charge is 0.264 e. The van der Waals surface area contributed by atoms with Crippen molar-refractivity contribution in [3.8, 4) is 22.8 Å². The molecule has 2 aliphatic rings. The molecular formula is C22H22N4O3. The van der Waals surface area contributed by atoms with Gasteiger partial charge >= 0.3 is 0 Å². The van der Waals surface area contributed by atoms with Crippen molar-refractivity contribution in [1.82, 2.24) is 20.1 Å². The number of ether oxygens (including phenoxy) is 2. The van der Waals surface area contributed by atoms with E-state index in [4.69, 9.17) is 14.6 Å². The molecule has 3 aromatic rings. The molecule has 3 heterocycles. The van der Waals surface area contributed by atoms with Gasteiger partial charge in [-0.05, 0) is 43.2 Å². The van der Waals surface area contributed by atoms with Crippen molar-refractivity contribution in [3.63, 3.8) is 0 Å². The van der Waals surface area contributed by atoms with Crippen molar-refractivity contribution < 1.29 is 14.3 Å². The fraction of sp³-hybridized carbons (Fsp3) is 0.318. The first-order chi connectivity index (χ1) is 14.3. The van der Waals surface area contributed by atoms with Crippen LogP contribution in [0, 0.1) is 0 Å². The summed E-state index contributed by atoms with van der Waals surface area (Å²) in [5.41, 5.74) is 3.23. The average molecular weight is 390 g/mol. The third-order valence-corrected chi connectivity index (χ3v) is 5.21. The molecule has 1 aromatic carbocycles. The first-order valence-corrected chi connectivity index (χ1v) is 9.92. The Bertz CT molecular complexity index is 1010. The van der Waals surface area contributed by atoms with E-state index in [1.54, 1.807) is 18.5 Å². The van der Waals surface area contributed by atoms with Gasteiger partial charge in [0.25, 0.3) is 5.91 Å². The molecule has 1 aliphatic heterocycles. The summed E-state index contributed by atoms with van der Waals surface area (Å²) in [6.45, 7) is 1.31. The number of carbonyl (C=O) groups excluding carboxylic acids is 1. The summed E-state index contributed by atoms with van der Waals surface area (Å²) < 4.78 is 13.4. The monoisotopic (exact) mass is 390 g/mol. The van der Waals surface area contributed by atoms with Gasteiger partial charge in [-0.3, -0.25) is 14.5 Å². The van der Waals surface area contributed by atoms with E-state index in [0.717, 1.165) is 11.3 Å². The van der Waals surface area contributed by atoms with Crippen LogP contribution in [0.3, 0.4) is 0 Å². The van der Waals surface area contributed by atoms with Crippen molar-refractivity contribution in [1.29, 1.82) is 0 Å². The molecule has 7 heteroatoms. The SMILES string of the molecule is O=C(NCCn1nc(-c2ccncc2)cc1C1CC1)[C@@H]1COc2ccccc2O1. The minimum Gasteiger partial charge on any atom is -0.485 e. The van der Waals surface area contributed by atoms with E-state index in [-0.39, 0.29) is 12.5 Å². The molecular weight excluding hydrogens is 368 g/mol. The molecule has 0 radical (unpaired) electrons. The van der Waals surface area contributed by atoms with Gasteiger partial charge in [0.2, 0.25) is 6.10 Å². The molecule has 0 spiro atoms. The van der Waals surface area contributed by atoms with Crippen LogP contribution in [0.25, 0.3) is 11.3 Å². The van der Waals surface area contributed by atoms with E-state index in [1.165, 1.54) is 18.5 Å². The zero-order chi connectivity index (χ0) is 19.6. The van der Waals surface area contributed by atoms with E-state index < -0.39 is 6.10 Å². The topological polar surface area (TPSA) is 78.3 Å². The summed E-state index contributed by atoms with van der Waals surface area (Å²) in [7, 11) is 0. The van der Waals surface area contributed by atoms with Crippen molar-refractivity contribution in [2.75, 3.05) is 13.2 Å². The van der Waals surface area contributed by atoms with E-state index in [0.29, 0.717) is 30.5 Å². The van der Waals surface area contributed by atoms with Gasteiger partial charge in [-0.2, -0.15) is 5.10 Å². The lowest BCUT2D eigenvalue weighted by Crippen LogP contribution is -2.44. The average Bonchev–Trinajstić information content (AvgIpc) is 3.53. The van der Waals surface area contributed by atoms with Crippen molar-refractivity contribution in [2.24, 2.45) is 0 Å². The summed E-state index contributed by atoms with van der Waals surface area (Å²) in [6.07, 6.45) is 5.30. The Morgan fingerprint density at radius 3 is 2.72 bits per heavy atom. The second kappa shape index (κ2) is 7.58. The van der Waals surface area contributed by atoms with Crippen molar-refractivity contribution >= 4 is 5.91 Å². The van der Waals surface area contributed by atoms with Gasteiger partial charge in [0.15, 0.2) is 11.5 Å². The number of fused-ring (bicyclic) bond motifs is 1. The molecule has 2 aromatic heterocycles. The summed E-state index contributed by atoms with van der Waals surface area (Å²) in [4.78, 5) is 16.6. The molecule has 5 rings (SSSR count). The number of benzene rings is 1. The Kier molecular flexibility index (Phi) is 4.63. The first-order valence-electron chi connectivity index (χ1n) is 9.92. The highest BCUT2D eigenvalue weighted by molar-refractivity contribution is 5.81. The number of hydrogen-bond donors (Lipinski definition) is 1. The number of aromatic nitrogens is 3. The van der Waals surface area contributed by atoms with E-state index in [9.17, 15) is 4.79 Å². The summed E-state index contributed by atoms with van der Waals surface area (Å²) in [5, 5.41) is 7.71. The van der Waals surface area contributed by atoms with E-state index in [2.05, 4.69) is 16.4 Å². The molecule has 148 valence electrons. The molecule has 7 nitrogen and oxygen atoms in total. The standard InChI is InChI=1S/C22H22N4O3/c27-22(21-14-28-19-3-1-2-4-20(19)29-21)24-11-12-26-18(16-5-6-16)13-17(25-26)15-7-9-23-10-8-15/h1-4,7-10,13,16,21H,5-6,11-12,14H2,(H,24,27)/t21-/m0/s1. The molecule has 0 unspecified atom stereocenters. The fourth-order valence-electron chi connectivity index (χ4n) is 3.53. The maximum atomic E-state index is 12.5. The molecule has 1 N–H and O–H groups in total. The first kappa shape index (κ1) is 17.7. The van der Waals surface area contributed by atoms with Gasteiger partial charge in [-0.25, -0.2) is 0 Å². The lowest BCUT2D eigenvalue weighted by molar-refractivity contribution is -0.130. The number of amides is 1. The van der Waals surface area contributed by atoms with Crippen LogP contribution in [0.5, 0.6) is 11.5 Å². The molecule has 1 aliphatic carbocycles. The van der Waals surface area contributed by atoms with Crippen LogP contribution in [-0.2, 0) is 11.3 Å². The highest BCUT2D eigenvalue weighted by Gasteiger charge is 2.29. The van der Waals surface area contributed by atoms with Crippen LogP contribution < -0.4 is 14.8 Å². The lowest BCUT2D eigenvalue weighted by atomic mass is 10.2. The Morgan fingerprint density at radius 2 is 1.93 bits per heavy atom. The molecule has 1 amide bonds. The molecule has 1 atom stereocenters. The van der Waals surface area contributed by atoms with Gasteiger partial charge < -0.3 is 14.8 Å². The number of para-hydroxylation sites is 2. The zero-order valence-electron chi connectivity index (χ0n) is 16.0. The number of pyridine rings is 1. The van der Waals surface area contributed by atoms with Gasteiger partial charge in [-0.15, -0.1) is 0 Å². The van der Waals surface area contributed by atoms with Gasteiger partial charge in [-0.1, -0.05) is 12.1 Å². The van der Waals surface area contributed by atoms with Gasteiger partial charge in [0.05, 0.1) is 12.2 Å². The second-order valence-corrected chi connectivity index (χ2v) is 7.34. The summed E-state index contributed by atoms with van der Waals surface area (Å²) in [5.74, 6) is 1.67. The van der Waals surface area contributed by atoms with Crippen LogP contribution in [-0.4, -0.2) is 39.9 Å². The molecule has 29 heavy (non-hydrogen) atoms. The van der Waals surface area contributed by atoms with Gasteiger partial charge in [0.1, 0.15) is 6.61 Å². The quantitative estimate of drug-likeness (QED) is 0.700. The second-order valence-electron chi connectivity index (χ2n) is 7.34. The normalized spacial score (nSPS) is 17.7. The highest BCUT2D eigenvalue weighted by atomic mass is 16.6. The van der Waals surface area contributed by atoms with Crippen molar-refractivity contribution in [3.05, 3.63) is 60.6 Å². The summed E-state index contributed by atoms with van der Waals surface area (Å²) in [6, 6.07) is 13.5. The van der Waals surface area contributed by atoms with Crippen LogP contribution >= 0.6 is 0 Å². The number of rotatable bonds is 6. The number of hydrogen-bond acceptors (Lipinski definition) is 5. The summed E-state index contributed by atoms with van der Waals surface area (Å²) >= 11 is 0. The fourth-order valence-corrected chi connectivity index (χ4v) is 3.53. The zero-order valence-corrected chi connectivity index (χ0v) is 16.0. The Morgan fingerprint density at radius 1 is 1.14 bits per heavy atom. The number of nitrogens with one attached hydrogen (secondary N) is 1. The number of carbonyl (C=O) groups is 1. The molecule has 0 bridgehead atoms. The molecule has 1 fully saturated rings. The minimum atomic E-state index is -0.641. The lowest BCUT2D eigenvalue weighted by Gasteiger charge is -2.25. The minimum absolute atomic E-state index is 0.172. The maximum Gasteiger partial charge on any atom is 0.264 e. The third kappa shape index (κ3) is 3.81. The van der Waals surface area contributed by atoms with Crippen LogP contribution in [0.15, 0.2) is 54.9 Å². The van der Waals surface area contributed by atoms with Crippen LogP contribution in [0.4, 0.5) is 0 Å². The van der Waals surface area contributed by atoms with Gasteiger partial charge in [0, 0.05) is 36.1 Å². The van der Waals surface area contributed by atoms with E-state index >= 15 is 0 Å². The van der Waals surface area contributed by atoms with Crippen molar-refractivity contribution in [2.45, 2.75) is 31.4 Å². The molecule has 1 saturated carbocycles. The predicted molar refractivity (Wildman–Crippen MR) is 107 cm³/mol. The predicted octanol–water partition coefficient (Wildman–Crippen LogP) is 2.78. The number of nitrogens with zero attached hydrogens (tertiary/aromatic N) is 3.